The van der Waals surface area contributed by atoms with Gasteiger partial charge >= 0.3 is 6.18 Å². The maximum atomic E-state index is 12.8. The number of aromatic nitrogens is 1. The number of anilines is 2. The predicted octanol–water partition coefficient (Wildman–Crippen LogP) is 5.21. The maximum Gasteiger partial charge on any atom is 0.417 e. The van der Waals surface area contributed by atoms with Gasteiger partial charge in [-0.05, 0) is 31.2 Å². The van der Waals surface area contributed by atoms with E-state index in [1.54, 1.807) is 30.0 Å². The van der Waals surface area contributed by atoms with Crippen LogP contribution in [0.3, 0.4) is 0 Å². The van der Waals surface area contributed by atoms with Crippen LogP contribution in [0.15, 0.2) is 30.5 Å². The molecule has 0 aliphatic carbocycles. The fraction of sp³-hybridized carbons (Fsp3) is 0.368. The molecule has 30 heavy (non-hydrogen) atoms. The molecule has 162 valence electrons. The van der Waals surface area contributed by atoms with E-state index in [9.17, 15) is 18.0 Å². The van der Waals surface area contributed by atoms with Crippen molar-refractivity contribution in [1.82, 2.24) is 9.88 Å². The standard InChI is InChI=1S/C19H18Cl3F3N4O/c1-11(18(30)27-16-3-2-13(20)9-14(16)21)28-4-6-29(7-5-28)17-15(22)8-12(10-26-17)19(23,24)25/h2-3,8-11H,4-7H2,1H3,(H,27,30). The SMILES string of the molecule is CC(C(=O)Nc1ccc(Cl)cc1Cl)N1CCN(c2ncc(C(F)(F)F)cc2Cl)CC1. The Labute approximate surface area is 186 Å². The summed E-state index contributed by atoms with van der Waals surface area (Å²) in [5, 5.41) is 3.54. The zero-order chi connectivity index (χ0) is 22.1. The van der Waals surface area contributed by atoms with E-state index in [1.807, 2.05) is 4.90 Å². The van der Waals surface area contributed by atoms with Gasteiger partial charge in [-0.3, -0.25) is 9.69 Å². The summed E-state index contributed by atoms with van der Waals surface area (Å²) in [6.45, 7) is 3.75. The highest BCUT2D eigenvalue weighted by molar-refractivity contribution is 6.36. The highest BCUT2D eigenvalue weighted by atomic mass is 35.5. The molecule has 5 nitrogen and oxygen atoms in total. The van der Waals surface area contributed by atoms with Crippen LogP contribution in [0.4, 0.5) is 24.7 Å². The van der Waals surface area contributed by atoms with Crippen LogP contribution in [0.2, 0.25) is 15.1 Å². The third-order valence-corrected chi connectivity index (χ3v) is 5.70. The van der Waals surface area contributed by atoms with Gasteiger partial charge in [-0.2, -0.15) is 13.2 Å². The molecule has 0 spiro atoms. The van der Waals surface area contributed by atoms with Crippen molar-refractivity contribution in [1.29, 1.82) is 0 Å². The van der Waals surface area contributed by atoms with Crippen LogP contribution in [-0.4, -0.2) is 48.0 Å². The third kappa shape index (κ3) is 5.29. The van der Waals surface area contributed by atoms with Crippen LogP contribution >= 0.6 is 34.8 Å². The summed E-state index contributed by atoms with van der Waals surface area (Å²) < 4.78 is 38.4. The number of pyridine rings is 1. The minimum Gasteiger partial charge on any atom is -0.353 e. The van der Waals surface area contributed by atoms with Gasteiger partial charge in [-0.1, -0.05) is 34.8 Å². The van der Waals surface area contributed by atoms with E-state index in [2.05, 4.69) is 10.3 Å². The van der Waals surface area contributed by atoms with E-state index in [4.69, 9.17) is 34.8 Å². The Balaban J connectivity index is 1.60. The number of halogens is 6. The minimum atomic E-state index is -4.50. The van der Waals surface area contributed by atoms with Gasteiger partial charge in [0.05, 0.1) is 27.3 Å². The Bertz CT molecular complexity index is 934. The van der Waals surface area contributed by atoms with Crippen LogP contribution in [-0.2, 0) is 11.0 Å². The molecule has 1 amide bonds. The second kappa shape index (κ2) is 9.18. The van der Waals surface area contributed by atoms with E-state index in [-0.39, 0.29) is 10.9 Å². The highest BCUT2D eigenvalue weighted by Gasteiger charge is 2.33. The van der Waals surface area contributed by atoms with Crippen LogP contribution in [0, 0.1) is 0 Å². The lowest BCUT2D eigenvalue weighted by Gasteiger charge is -2.38. The molecule has 0 radical (unpaired) electrons. The number of carbonyl (C=O) groups excluding carboxylic acids is 1. The molecule has 0 saturated carbocycles. The number of amides is 1. The zero-order valence-electron chi connectivity index (χ0n) is 15.8. The molecule has 2 heterocycles. The van der Waals surface area contributed by atoms with E-state index >= 15 is 0 Å². The molecular formula is C19H18Cl3F3N4O. The third-order valence-electron chi connectivity index (χ3n) is 4.88. The van der Waals surface area contributed by atoms with Crippen LogP contribution in [0.5, 0.6) is 0 Å². The Hall–Kier alpha value is -1.74. The van der Waals surface area contributed by atoms with E-state index in [0.29, 0.717) is 47.7 Å². The molecule has 1 atom stereocenters. The van der Waals surface area contributed by atoms with Crippen molar-refractivity contribution in [3.05, 3.63) is 51.1 Å². The topological polar surface area (TPSA) is 48.5 Å². The lowest BCUT2D eigenvalue weighted by Crippen LogP contribution is -2.53. The van der Waals surface area contributed by atoms with Crippen molar-refractivity contribution >= 4 is 52.2 Å². The first kappa shape index (κ1) is 22.9. The molecule has 1 unspecified atom stereocenters. The van der Waals surface area contributed by atoms with Gasteiger partial charge in [-0.15, -0.1) is 0 Å². The monoisotopic (exact) mass is 480 g/mol. The summed E-state index contributed by atoms with van der Waals surface area (Å²) in [5.41, 5.74) is -0.418. The number of alkyl halides is 3. The average Bonchev–Trinajstić information content (AvgIpc) is 2.69. The first-order chi connectivity index (χ1) is 14.1. The van der Waals surface area contributed by atoms with Gasteiger partial charge in [0.1, 0.15) is 5.82 Å². The van der Waals surface area contributed by atoms with Crippen molar-refractivity contribution in [3.8, 4) is 0 Å². The summed E-state index contributed by atoms with van der Waals surface area (Å²) in [5.74, 6) is 0.0766. The lowest BCUT2D eigenvalue weighted by atomic mass is 10.2. The Morgan fingerprint density at radius 3 is 2.33 bits per heavy atom. The van der Waals surface area contributed by atoms with Crippen molar-refractivity contribution in [2.24, 2.45) is 0 Å². The molecule has 1 aromatic carbocycles. The smallest absolute Gasteiger partial charge is 0.353 e. The van der Waals surface area contributed by atoms with Gasteiger partial charge in [0, 0.05) is 37.4 Å². The number of nitrogens with one attached hydrogen (secondary N) is 1. The second-order valence-electron chi connectivity index (χ2n) is 6.84. The fourth-order valence-corrected chi connectivity index (χ4v) is 3.87. The minimum absolute atomic E-state index is 0.0542. The van der Waals surface area contributed by atoms with Gasteiger partial charge < -0.3 is 10.2 Å². The largest absolute Gasteiger partial charge is 0.417 e. The molecule has 1 N–H and O–H groups in total. The normalized spacial score (nSPS) is 16.4. The Morgan fingerprint density at radius 1 is 1.10 bits per heavy atom. The first-order valence-corrected chi connectivity index (χ1v) is 10.2. The Morgan fingerprint density at radius 2 is 1.77 bits per heavy atom. The fourth-order valence-electron chi connectivity index (χ4n) is 3.13. The van der Waals surface area contributed by atoms with Gasteiger partial charge in [0.2, 0.25) is 5.91 Å². The van der Waals surface area contributed by atoms with Crippen molar-refractivity contribution in [2.45, 2.75) is 19.1 Å². The molecule has 0 bridgehead atoms. The van der Waals surface area contributed by atoms with Crippen molar-refractivity contribution in [3.63, 3.8) is 0 Å². The molecule has 1 aromatic heterocycles. The van der Waals surface area contributed by atoms with Gasteiger partial charge in [-0.25, -0.2) is 4.98 Å². The molecule has 2 aromatic rings. The number of rotatable bonds is 4. The Kier molecular flexibility index (Phi) is 7.02. The lowest BCUT2D eigenvalue weighted by molar-refractivity contribution is -0.137. The number of hydrogen-bond acceptors (Lipinski definition) is 4. The second-order valence-corrected chi connectivity index (χ2v) is 8.09. The molecule has 1 saturated heterocycles. The van der Waals surface area contributed by atoms with E-state index in [0.717, 1.165) is 12.3 Å². The first-order valence-electron chi connectivity index (χ1n) is 9.04. The molecular weight excluding hydrogens is 464 g/mol. The summed E-state index contributed by atoms with van der Waals surface area (Å²) in [6.07, 6.45) is -3.72. The van der Waals surface area contributed by atoms with Crippen LogP contribution in [0.1, 0.15) is 12.5 Å². The number of carbonyl (C=O) groups is 1. The van der Waals surface area contributed by atoms with Crippen LogP contribution in [0.25, 0.3) is 0 Å². The summed E-state index contributed by atoms with van der Waals surface area (Å²) in [7, 11) is 0. The predicted molar refractivity (Wildman–Crippen MR) is 113 cm³/mol. The summed E-state index contributed by atoms with van der Waals surface area (Å²) in [6, 6.07) is 5.25. The molecule has 1 fully saturated rings. The van der Waals surface area contributed by atoms with Gasteiger partial charge in [0.25, 0.3) is 0 Å². The highest BCUT2D eigenvalue weighted by Crippen LogP contribution is 2.34. The maximum absolute atomic E-state index is 12.8. The summed E-state index contributed by atoms with van der Waals surface area (Å²) >= 11 is 18.0. The quantitative estimate of drug-likeness (QED) is 0.651. The van der Waals surface area contributed by atoms with Crippen molar-refractivity contribution in [2.75, 3.05) is 36.4 Å². The number of benzene rings is 1. The van der Waals surface area contributed by atoms with Crippen LogP contribution < -0.4 is 10.2 Å². The van der Waals surface area contributed by atoms with Crippen molar-refractivity contribution < 1.29 is 18.0 Å². The number of hydrogen-bond donors (Lipinski definition) is 1. The van der Waals surface area contributed by atoms with E-state index < -0.39 is 17.8 Å². The molecule has 1 aliphatic rings. The molecule has 11 heteroatoms. The number of nitrogens with zero attached hydrogens (tertiary/aromatic N) is 3. The van der Waals surface area contributed by atoms with E-state index in [1.165, 1.54) is 0 Å². The summed E-state index contributed by atoms with van der Waals surface area (Å²) in [4.78, 5) is 20.3. The zero-order valence-corrected chi connectivity index (χ0v) is 18.1. The number of piperazine rings is 1. The van der Waals surface area contributed by atoms with Gasteiger partial charge in [0.15, 0.2) is 0 Å². The average molecular weight is 482 g/mol. The molecule has 1 aliphatic heterocycles. The molecule has 3 rings (SSSR count).